The lowest BCUT2D eigenvalue weighted by Gasteiger charge is -2.28. The average Bonchev–Trinajstić information content (AvgIpc) is 2.60. The first-order valence-electron chi connectivity index (χ1n) is 11.2. The Labute approximate surface area is 178 Å². The van der Waals surface area contributed by atoms with Crippen molar-refractivity contribution < 1.29 is 31.7 Å². The number of hydrogen-bond acceptors (Lipinski definition) is 5. The molecule has 174 valence electrons. The number of hydrogen-bond donors (Lipinski definition) is 1. The van der Waals surface area contributed by atoms with E-state index in [0.717, 1.165) is 6.42 Å². The molecule has 29 heavy (non-hydrogen) atoms. The predicted molar refractivity (Wildman–Crippen MR) is 116 cm³/mol. The number of carbonyl (C=O) groups is 1. The Bertz CT molecular complexity index is 507. The lowest BCUT2D eigenvalue weighted by molar-refractivity contribution is -0.883. The zero-order valence-electron chi connectivity index (χ0n) is 18.9. The molecule has 0 heterocycles. The Morgan fingerprint density at radius 1 is 0.828 bits per heavy atom. The van der Waals surface area contributed by atoms with Gasteiger partial charge in [-0.2, -0.15) is 8.42 Å². The summed E-state index contributed by atoms with van der Waals surface area (Å²) in [5, 5.41) is 0. The Balaban J connectivity index is 3.48. The molecule has 0 saturated heterocycles. The van der Waals surface area contributed by atoms with Crippen LogP contribution in [0.3, 0.4) is 0 Å². The summed E-state index contributed by atoms with van der Waals surface area (Å²) in [6.07, 6.45) is 13.2. The number of rotatable bonds is 20. The third-order valence-corrected chi connectivity index (χ3v) is 5.66. The molecule has 0 rings (SSSR count). The van der Waals surface area contributed by atoms with Gasteiger partial charge in [0.2, 0.25) is 0 Å². The van der Waals surface area contributed by atoms with Crippen molar-refractivity contribution in [3.8, 4) is 0 Å². The van der Waals surface area contributed by atoms with Crippen LogP contribution < -0.4 is 0 Å². The molecule has 8 heteroatoms. The van der Waals surface area contributed by atoms with Crippen LogP contribution in [0.25, 0.3) is 0 Å². The topological polar surface area (TPSA) is 89.9 Å². The standard InChI is InChI=1S/C21H43NO6S/c1-4-5-6-7-8-9-10-11-12-13-16-27-17-18-28-21(23)20-22(2,3)15-14-19-29(24,25)26/h4-20H2,1-3H3/p+1. The van der Waals surface area contributed by atoms with E-state index in [9.17, 15) is 13.2 Å². The van der Waals surface area contributed by atoms with Crippen molar-refractivity contribution in [3.05, 3.63) is 0 Å². The molecule has 1 N–H and O–H groups in total. The van der Waals surface area contributed by atoms with Crippen LogP contribution in [0.15, 0.2) is 0 Å². The second kappa shape index (κ2) is 17.0. The normalized spacial score (nSPS) is 12.3. The third kappa shape index (κ3) is 21.8. The van der Waals surface area contributed by atoms with E-state index in [0.29, 0.717) is 30.7 Å². The van der Waals surface area contributed by atoms with Crippen LogP contribution >= 0.6 is 0 Å². The quantitative estimate of drug-likeness (QED) is 0.134. The van der Waals surface area contributed by atoms with E-state index in [1.165, 1.54) is 57.8 Å². The van der Waals surface area contributed by atoms with Gasteiger partial charge in [0.05, 0.1) is 33.0 Å². The highest BCUT2D eigenvalue weighted by Crippen LogP contribution is 2.10. The molecular weight excluding hydrogens is 394 g/mol. The number of nitrogens with zero attached hydrogens (tertiary/aromatic N) is 1. The zero-order valence-corrected chi connectivity index (χ0v) is 19.7. The van der Waals surface area contributed by atoms with Gasteiger partial charge in [0, 0.05) is 13.0 Å². The van der Waals surface area contributed by atoms with Crippen molar-refractivity contribution in [1.29, 1.82) is 0 Å². The van der Waals surface area contributed by atoms with Gasteiger partial charge in [0.25, 0.3) is 10.1 Å². The Hall–Kier alpha value is -0.700. The maximum Gasteiger partial charge on any atom is 0.361 e. The van der Waals surface area contributed by atoms with Crippen molar-refractivity contribution >= 4 is 16.1 Å². The number of carbonyl (C=O) groups excluding carboxylic acids is 1. The zero-order chi connectivity index (χ0) is 22.0. The number of quaternary nitrogens is 1. The second-order valence-corrected chi connectivity index (χ2v) is 10.0. The highest BCUT2D eigenvalue weighted by atomic mass is 32.2. The fourth-order valence-corrected chi connectivity index (χ4v) is 3.65. The van der Waals surface area contributed by atoms with E-state index in [1.807, 2.05) is 14.1 Å². The summed E-state index contributed by atoms with van der Waals surface area (Å²) in [6.45, 7) is 4.20. The minimum atomic E-state index is -3.95. The first-order chi connectivity index (χ1) is 13.7. The number of likely N-dealkylation sites (N-methyl/N-ethyl adjacent to an activating group) is 1. The van der Waals surface area contributed by atoms with Gasteiger partial charge in [-0.3, -0.25) is 4.55 Å². The van der Waals surface area contributed by atoms with Crippen molar-refractivity contribution in [2.24, 2.45) is 0 Å². The highest BCUT2D eigenvalue weighted by Gasteiger charge is 2.21. The molecule has 0 spiro atoms. The van der Waals surface area contributed by atoms with Gasteiger partial charge >= 0.3 is 5.97 Å². The summed E-state index contributed by atoms with van der Waals surface area (Å²) >= 11 is 0. The largest absolute Gasteiger partial charge is 0.459 e. The maximum absolute atomic E-state index is 11.9. The molecule has 0 radical (unpaired) electrons. The monoisotopic (exact) mass is 438 g/mol. The van der Waals surface area contributed by atoms with E-state index >= 15 is 0 Å². The van der Waals surface area contributed by atoms with Gasteiger partial charge < -0.3 is 14.0 Å². The lowest BCUT2D eigenvalue weighted by Crippen LogP contribution is -2.45. The summed E-state index contributed by atoms with van der Waals surface area (Å²) in [6, 6.07) is 0. The van der Waals surface area contributed by atoms with Crippen LogP contribution in [0, 0.1) is 0 Å². The van der Waals surface area contributed by atoms with Crippen LogP contribution in [-0.4, -0.2) is 76.2 Å². The van der Waals surface area contributed by atoms with E-state index in [-0.39, 0.29) is 24.9 Å². The van der Waals surface area contributed by atoms with Gasteiger partial charge in [0.1, 0.15) is 6.61 Å². The molecule has 0 aromatic heterocycles. The number of unbranched alkanes of at least 4 members (excludes halogenated alkanes) is 9. The molecule has 0 amide bonds. The minimum Gasteiger partial charge on any atom is -0.459 e. The van der Waals surface area contributed by atoms with Gasteiger partial charge in [-0.25, -0.2) is 4.79 Å². The van der Waals surface area contributed by atoms with Gasteiger partial charge in [-0.1, -0.05) is 64.7 Å². The van der Waals surface area contributed by atoms with Crippen LogP contribution in [0.4, 0.5) is 0 Å². The second-order valence-electron chi connectivity index (χ2n) is 8.47. The van der Waals surface area contributed by atoms with Gasteiger partial charge in [0.15, 0.2) is 6.54 Å². The molecule has 0 atom stereocenters. The fraction of sp³-hybridized carbons (Fsp3) is 0.952. The molecule has 0 bridgehead atoms. The summed E-state index contributed by atoms with van der Waals surface area (Å²) in [5.74, 6) is -0.624. The molecule has 0 aliphatic rings. The molecule has 0 fully saturated rings. The first kappa shape index (κ1) is 28.3. The maximum atomic E-state index is 11.9. The van der Waals surface area contributed by atoms with Gasteiger partial charge in [-0.15, -0.1) is 0 Å². The number of esters is 1. The van der Waals surface area contributed by atoms with Crippen molar-refractivity contribution in [1.82, 2.24) is 0 Å². The van der Waals surface area contributed by atoms with Crippen LogP contribution in [0.2, 0.25) is 0 Å². The van der Waals surface area contributed by atoms with E-state index < -0.39 is 10.1 Å². The number of ether oxygens (including phenoxy) is 2. The summed E-state index contributed by atoms with van der Waals surface area (Å²) in [7, 11) is -0.302. The molecule has 0 aliphatic heterocycles. The SMILES string of the molecule is CCCCCCCCCCCCOCCOC(=O)C[N+](C)(C)CCCS(=O)(=O)O. The van der Waals surface area contributed by atoms with E-state index in [4.69, 9.17) is 14.0 Å². The summed E-state index contributed by atoms with van der Waals surface area (Å²) in [4.78, 5) is 11.9. The predicted octanol–water partition coefficient (Wildman–Crippen LogP) is 3.82. The van der Waals surface area contributed by atoms with Gasteiger partial charge in [-0.05, 0) is 6.42 Å². The lowest BCUT2D eigenvalue weighted by atomic mass is 10.1. The first-order valence-corrected chi connectivity index (χ1v) is 12.8. The Kier molecular flexibility index (Phi) is 16.6. The van der Waals surface area contributed by atoms with E-state index in [1.54, 1.807) is 0 Å². The molecule has 0 aromatic rings. The van der Waals surface area contributed by atoms with Crippen molar-refractivity contribution in [3.63, 3.8) is 0 Å². The van der Waals surface area contributed by atoms with Crippen LogP contribution in [0.5, 0.6) is 0 Å². The smallest absolute Gasteiger partial charge is 0.361 e. The molecule has 0 aliphatic carbocycles. The van der Waals surface area contributed by atoms with Crippen molar-refractivity contribution in [2.75, 3.05) is 52.8 Å². The summed E-state index contributed by atoms with van der Waals surface area (Å²) < 4.78 is 41.2. The molecule has 7 nitrogen and oxygen atoms in total. The Morgan fingerprint density at radius 3 is 1.93 bits per heavy atom. The molecule has 0 saturated carbocycles. The fourth-order valence-electron chi connectivity index (χ4n) is 3.16. The molecule has 0 unspecified atom stereocenters. The summed E-state index contributed by atoms with van der Waals surface area (Å²) in [5.41, 5.74) is 0. The van der Waals surface area contributed by atoms with Crippen LogP contribution in [-0.2, 0) is 24.4 Å². The Morgan fingerprint density at radius 2 is 1.38 bits per heavy atom. The average molecular weight is 439 g/mol. The third-order valence-electron chi connectivity index (χ3n) is 4.86. The molecular formula is C21H44NO6S+. The minimum absolute atomic E-state index is 0.157. The van der Waals surface area contributed by atoms with Crippen LogP contribution in [0.1, 0.15) is 77.6 Å². The van der Waals surface area contributed by atoms with Crippen molar-refractivity contribution in [2.45, 2.75) is 77.6 Å². The molecule has 0 aromatic carbocycles. The van der Waals surface area contributed by atoms with E-state index in [2.05, 4.69) is 6.92 Å². The highest BCUT2D eigenvalue weighted by molar-refractivity contribution is 7.85.